The highest BCUT2D eigenvalue weighted by Crippen LogP contribution is 2.32. The highest BCUT2D eigenvalue weighted by molar-refractivity contribution is 5.86. The standard InChI is InChI=1S/C44H60O12/c1-3-9-39(10-4-1)37-53-29-27-49-21-19-45-15-17-47-23-25-51-31-33-55-43-35-41-13-7-8-14-42(41)36-44(43)56-34-32-52-26-24-48-18-16-46-20-22-50-28-30-54-38-40-11-5-2-6-12-40/h1-14,35-36H,15-34,37-38H2. The van der Waals surface area contributed by atoms with Gasteiger partial charge in [-0.15, -0.1) is 0 Å². The Morgan fingerprint density at radius 2 is 0.500 bits per heavy atom. The number of benzene rings is 4. The molecule has 0 bridgehead atoms. The van der Waals surface area contributed by atoms with E-state index in [1.807, 2.05) is 97.1 Å². The van der Waals surface area contributed by atoms with Crippen LogP contribution < -0.4 is 9.47 Å². The van der Waals surface area contributed by atoms with Crippen LogP contribution in [0.5, 0.6) is 11.5 Å². The first-order chi connectivity index (χ1) is 27.9. The van der Waals surface area contributed by atoms with Crippen LogP contribution in [-0.2, 0) is 60.6 Å². The van der Waals surface area contributed by atoms with Crippen LogP contribution in [0.4, 0.5) is 0 Å². The lowest BCUT2D eigenvalue weighted by Crippen LogP contribution is -2.15. The molecule has 0 N–H and O–H groups in total. The average Bonchev–Trinajstić information content (AvgIpc) is 3.23. The third-order valence-electron chi connectivity index (χ3n) is 7.98. The summed E-state index contributed by atoms with van der Waals surface area (Å²) in [5.74, 6) is 1.32. The zero-order chi connectivity index (χ0) is 38.8. The molecule has 0 fully saturated rings. The van der Waals surface area contributed by atoms with Crippen molar-refractivity contribution in [2.75, 3.05) is 132 Å². The van der Waals surface area contributed by atoms with Gasteiger partial charge in [-0.25, -0.2) is 0 Å². The zero-order valence-corrected chi connectivity index (χ0v) is 32.7. The molecule has 0 amide bonds. The zero-order valence-electron chi connectivity index (χ0n) is 32.7. The van der Waals surface area contributed by atoms with Crippen LogP contribution in [0.2, 0.25) is 0 Å². The van der Waals surface area contributed by atoms with Gasteiger partial charge >= 0.3 is 0 Å². The third kappa shape index (κ3) is 21.6. The van der Waals surface area contributed by atoms with Gasteiger partial charge < -0.3 is 56.8 Å². The van der Waals surface area contributed by atoms with Gasteiger partial charge in [-0.1, -0.05) is 84.9 Å². The second kappa shape index (κ2) is 31.4. The van der Waals surface area contributed by atoms with Crippen LogP contribution in [0.15, 0.2) is 97.1 Å². The first-order valence-corrected chi connectivity index (χ1v) is 19.5. The van der Waals surface area contributed by atoms with Crippen molar-refractivity contribution in [3.05, 3.63) is 108 Å². The van der Waals surface area contributed by atoms with Crippen LogP contribution in [-0.4, -0.2) is 132 Å². The molecule has 0 saturated carbocycles. The molecule has 0 heterocycles. The largest absolute Gasteiger partial charge is 0.487 e. The van der Waals surface area contributed by atoms with Gasteiger partial charge in [0.05, 0.1) is 132 Å². The minimum Gasteiger partial charge on any atom is -0.487 e. The number of ether oxygens (including phenoxy) is 12. The van der Waals surface area contributed by atoms with Crippen molar-refractivity contribution in [3.8, 4) is 11.5 Å². The Hall–Kier alpha value is -3.66. The summed E-state index contributed by atoms with van der Waals surface area (Å²) in [6.45, 7) is 10.9. The predicted octanol–water partition coefficient (Wildman–Crippen LogP) is 6.16. The van der Waals surface area contributed by atoms with Crippen molar-refractivity contribution in [2.45, 2.75) is 13.2 Å². The molecule has 0 saturated heterocycles. The Morgan fingerprint density at radius 1 is 0.250 bits per heavy atom. The van der Waals surface area contributed by atoms with Gasteiger partial charge in [-0.2, -0.15) is 0 Å². The Kier molecular flexibility index (Phi) is 25.3. The Balaban J connectivity index is 0.919. The second-order valence-electron chi connectivity index (χ2n) is 12.3. The van der Waals surface area contributed by atoms with Crippen LogP contribution in [0.3, 0.4) is 0 Å². The fourth-order valence-corrected chi connectivity index (χ4v) is 5.13. The quantitative estimate of drug-likeness (QED) is 0.0493. The molecule has 12 nitrogen and oxygen atoms in total. The van der Waals surface area contributed by atoms with Gasteiger partial charge in [0.1, 0.15) is 13.2 Å². The molecule has 0 unspecified atom stereocenters. The third-order valence-corrected chi connectivity index (χ3v) is 7.98. The first kappa shape index (κ1) is 45.0. The van der Waals surface area contributed by atoms with Crippen molar-refractivity contribution in [1.29, 1.82) is 0 Å². The molecular formula is C44H60O12. The highest BCUT2D eigenvalue weighted by Gasteiger charge is 2.09. The molecule has 0 aromatic heterocycles. The van der Waals surface area contributed by atoms with E-state index in [1.54, 1.807) is 0 Å². The summed E-state index contributed by atoms with van der Waals surface area (Å²) in [5.41, 5.74) is 2.31. The Labute approximate surface area is 332 Å². The van der Waals surface area contributed by atoms with E-state index < -0.39 is 0 Å². The average molecular weight is 781 g/mol. The van der Waals surface area contributed by atoms with Crippen LogP contribution in [0.25, 0.3) is 10.8 Å². The van der Waals surface area contributed by atoms with E-state index >= 15 is 0 Å². The maximum Gasteiger partial charge on any atom is 0.161 e. The highest BCUT2D eigenvalue weighted by atomic mass is 16.6. The molecule has 0 aliphatic rings. The lowest BCUT2D eigenvalue weighted by Gasteiger charge is -2.15. The van der Waals surface area contributed by atoms with E-state index in [1.165, 1.54) is 0 Å². The number of hydrogen-bond acceptors (Lipinski definition) is 12. The first-order valence-electron chi connectivity index (χ1n) is 19.5. The fourth-order valence-electron chi connectivity index (χ4n) is 5.13. The normalized spacial score (nSPS) is 11.4. The molecule has 0 spiro atoms. The Bertz CT molecular complexity index is 1380. The van der Waals surface area contributed by atoms with Gasteiger partial charge in [0.2, 0.25) is 0 Å². The molecule has 56 heavy (non-hydrogen) atoms. The van der Waals surface area contributed by atoms with E-state index in [2.05, 4.69) is 0 Å². The number of fused-ring (bicyclic) bond motifs is 1. The van der Waals surface area contributed by atoms with Crippen molar-refractivity contribution in [3.63, 3.8) is 0 Å². The molecule has 4 rings (SSSR count). The van der Waals surface area contributed by atoms with Crippen LogP contribution in [0.1, 0.15) is 11.1 Å². The van der Waals surface area contributed by atoms with E-state index in [9.17, 15) is 0 Å². The summed E-state index contributed by atoms with van der Waals surface area (Å²) < 4.78 is 68.1. The van der Waals surface area contributed by atoms with Crippen molar-refractivity contribution in [2.24, 2.45) is 0 Å². The SMILES string of the molecule is c1ccc(COCCOCCOCCOCCOCCOc2cc3ccccc3cc2OCCOCCOCCOCCOCCOCc2ccccc2)cc1. The minimum absolute atomic E-state index is 0.379. The number of rotatable bonds is 36. The molecule has 12 heteroatoms. The predicted molar refractivity (Wildman–Crippen MR) is 214 cm³/mol. The van der Waals surface area contributed by atoms with Crippen molar-refractivity contribution in [1.82, 2.24) is 0 Å². The molecule has 0 atom stereocenters. The van der Waals surface area contributed by atoms with Crippen LogP contribution in [0, 0.1) is 0 Å². The van der Waals surface area contributed by atoms with Crippen molar-refractivity contribution >= 4 is 10.8 Å². The lowest BCUT2D eigenvalue weighted by molar-refractivity contribution is -0.0144. The van der Waals surface area contributed by atoms with Crippen LogP contribution >= 0.6 is 0 Å². The Morgan fingerprint density at radius 3 is 0.804 bits per heavy atom. The maximum absolute atomic E-state index is 6.06. The smallest absolute Gasteiger partial charge is 0.161 e. The maximum atomic E-state index is 6.06. The summed E-state index contributed by atoms with van der Waals surface area (Å²) >= 11 is 0. The summed E-state index contributed by atoms with van der Waals surface area (Å²) in [5, 5.41) is 2.14. The molecule has 0 aliphatic heterocycles. The van der Waals surface area contributed by atoms with E-state index in [0.717, 1.165) is 21.9 Å². The van der Waals surface area contributed by atoms with E-state index in [-0.39, 0.29) is 0 Å². The lowest BCUT2D eigenvalue weighted by atomic mass is 10.1. The minimum atomic E-state index is 0.379. The van der Waals surface area contributed by atoms with Gasteiger partial charge in [0.25, 0.3) is 0 Å². The summed E-state index contributed by atoms with van der Waals surface area (Å²) in [6, 6.07) is 32.2. The molecule has 0 radical (unpaired) electrons. The number of hydrogen-bond donors (Lipinski definition) is 0. The fraction of sp³-hybridized carbons (Fsp3) is 0.500. The van der Waals surface area contributed by atoms with Crippen molar-refractivity contribution < 1.29 is 56.8 Å². The molecule has 0 aliphatic carbocycles. The van der Waals surface area contributed by atoms with Gasteiger partial charge in [0, 0.05) is 0 Å². The summed E-state index contributed by atoms with van der Waals surface area (Å²) in [6.07, 6.45) is 0. The summed E-state index contributed by atoms with van der Waals surface area (Å²) in [7, 11) is 0. The summed E-state index contributed by atoms with van der Waals surface area (Å²) in [4.78, 5) is 0. The second-order valence-corrected chi connectivity index (χ2v) is 12.3. The van der Waals surface area contributed by atoms with E-state index in [0.29, 0.717) is 157 Å². The monoisotopic (exact) mass is 780 g/mol. The van der Waals surface area contributed by atoms with E-state index in [4.69, 9.17) is 56.8 Å². The van der Waals surface area contributed by atoms with Gasteiger partial charge in [-0.3, -0.25) is 0 Å². The molecular weight excluding hydrogens is 720 g/mol. The van der Waals surface area contributed by atoms with Gasteiger partial charge in [-0.05, 0) is 34.0 Å². The molecule has 4 aromatic rings. The topological polar surface area (TPSA) is 111 Å². The van der Waals surface area contributed by atoms with Gasteiger partial charge in [0.15, 0.2) is 11.5 Å². The molecule has 4 aromatic carbocycles. The molecule has 308 valence electrons.